The molecule has 36 heavy (non-hydrogen) atoms. The molecule has 0 radical (unpaired) electrons. The number of Topliss-reactive ketones (excluding diaryl/α,β-unsaturated/α-hetero) is 2. The first kappa shape index (κ1) is 25.0. The molecule has 2 aromatic rings. The minimum absolute atomic E-state index is 0.130. The molecule has 2 aromatic carbocycles. The van der Waals surface area contributed by atoms with Crippen molar-refractivity contribution in [3.05, 3.63) is 79.5 Å². The highest BCUT2D eigenvalue weighted by Gasteiger charge is 2.43. The molecule has 0 saturated carbocycles. The number of ether oxygens (including phenoxy) is 2. The summed E-state index contributed by atoms with van der Waals surface area (Å²) in [6.07, 6.45) is 4.38. The van der Waals surface area contributed by atoms with E-state index in [2.05, 4.69) is 34.4 Å². The fourth-order valence-corrected chi connectivity index (χ4v) is 6.54. The topological polar surface area (TPSA) is 55.8 Å². The Balaban J connectivity index is 1.59. The molecule has 5 rings (SSSR count). The number of nitrogens with zero attached hydrogens (tertiary/aromatic N) is 1. The molecular weight excluding hydrogens is 572 g/mol. The van der Waals surface area contributed by atoms with Crippen molar-refractivity contribution in [2.75, 3.05) is 13.7 Å². The van der Waals surface area contributed by atoms with Crippen LogP contribution in [0.2, 0.25) is 0 Å². The molecule has 0 aromatic heterocycles. The minimum atomic E-state index is -0.391. The van der Waals surface area contributed by atoms with Crippen LogP contribution in [0.4, 0.5) is 4.39 Å². The standard InChI is InChI=1S/C29H29FINO4/c1-3-32-21-9-5-11-23(33)27(21)26(28-22(32)10-6-12-24(28)34)18-14-20(31)29(25(15-18)35-2)36-16-17-7-4-8-19(30)13-17/h4,7-8,13-15,26H,3,5-6,9-12,16H2,1-2H3. The second-order valence-electron chi connectivity index (χ2n) is 9.40. The maximum Gasteiger partial charge on any atom is 0.174 e. The Labute approximate surface area is 224 Å². The van der Waals surface area contributed by atoms with Crippen LogP contribution in [0.15, 0.2) is 58.9 Å². The molecule has 0 N–H and O–H groups in total. The van der Waals surface area contributed by atoms with E-state index in [1.165, 1.54) is 12.1 Å². The van der Waals surface area contributed by atoms with Crippen molar-refractivity contribution in [3.8, 4) is 11.5 Å². The molecule has 0 atom stereocenters. The Hall–Kier alpha value is -2.68. The monoisotopic (exact) mass is 601 g/mol. The lowest BCUT2D eigenvalue weighted by Gasteiger charge is -2.43. The van der Waals surface area contributed by atoms with Gasteiger partial charge in [-0.05, 0) is 90.6 Å². The molecule has 1 heterocycles. The summed E-state index contributed by atoms with van der Waals surface area (Å²) in [6.45, 7) is 3.03. The quantitative estimate of drug-likeness (QED) is 0.357. The molecule has 188 valence electrons. The van der Waals surface area contributed by atoms with Gasteiger partial charge in [0, 0.05) is 47.8 Å². The highest BCUT2D eigenvalue weighted by atomic mass is 127. The smallest absolute Gasteiger partial charge is 0.174 e. The van der Waals surface area contributed by atoms with Gasteiger partial charge in [0.15, 0.2) is 23.1 Å². The number of hydrogen-bond acceptors (Lipinski definition) is 5. The van der Waals surface area contributed by atoms with Gasteiger partial charge in [-0.2, -0.15) is 0 Å². The minimum Gasteiger partial charge on any atom is -0.493 e. The normalized spacial score (nSPS) is 18.4. The van der Waals surface area contributed by atoms with Crippen molar-refractivity contribution < 1.29 is 23.5 Å². The third kappa shape index (κ3) is 4.46. The highest BCUT2D eigenvalue weighted by Crippen LogP contribution is 2.50. The van der Waals surface area contributed by atoms with Gasteiger partial charge in [-0.3, -0.25) is 9.59 Å². The van der Waals surface area contributed by atoms with Gasteiger partial charge >= 0.3 is 0 Å². The largest absolute Gasteiger partial charge is 0.493 e. The summed E-state index contributed by atoms with van der Waals surface area (Å²) in [5, 5.41) is 0. The molecule has 1 aliphatic heterocycles. The van der Waals surface area contributed by atoms with E-state index >= 15 is 0 Å². The van der Waals surface area contributed by atoms with Gasteiger partial charge in [0.05, 0.1) is 10.7 Å². The Kier molecular flexibility index (Phi) is 7.19. The summed E-state index contributed by atoms with van der Waals surface area (Å²) >= 11 is 2.21. The molecule has 0 spiro atoms. The molecule has 0 saturated heterocycles. The zero-order chi connectivity index (χ0) is 25.4. The molecule has 5 nitrogen and oxygen atoms in total. The van der Waals surface area contributed by atoms with Crippen LogP contribution >= 0.6 is 22.6 Å². The molecule has 2 aliphatic carbocycles. The van der Waals surface area contributed by atoms with E-state index in [0.717, 1.165) is 63.9 Å². The first-order chi connectivity index (χ1) is 17.4. The van der Waals surface area contributed by atoms with Crippen LogP contribution in [0.5, 0.6) is 11.5 Å². The van der Waals surface area contributed by atoms with E-state index in [4.69, 9.17) is 9.47 Å². The molecule has 7 heteroatoms. The van der Waals surface area contributed by atoms with E-state index in [-0.39, 0.29) is 24.0 Å². The number of carbonyl (C=O) groups is 2. The van der Waals surface area contributed by atoms with Gasteiger partial charge in [-0.25, -0.2) is 4.39 Å². The lowest BCUT2D eigenvalue weighted by molar-refractivity contribution is -0.117. The fraction of sp³-hybridized carbons (Fsp3) is 0.379. The Morgan fingerprint density at radius 2 is 1.67 bits per heavy atom. The number of hydrogen-bond donors (Lipinski definition) is 0. The summed E-state index contributed by atoms with van der Waals surface area (Å²) < 4.78 is 26.2. The number of rotatable bonds is 6. The van der Waals surface area contributed by atoms with Crippen molar-refractivity contribution in [2.24, 2.45) is 0 Å². The number of benzene rings is 2. The average Bonchev–Trinajstić information content (AvgIpc) is 2.86. The first-order valence-electron chi connectivity index (χ1n) is 12.5. The lowest BCUT2D eigenvalue weighted by Crippen LogP contribution is -2.39. The van der Waals surface area contributed by atoms with E-state index in [1.54, 1.807) is 13.2 Å². The summed E-state index contributed by atoms with van der Waals surface area (Å²) in [7, 11) is 1.58. The summed E-state index contributed by atoms with van der Waals surface area (Å²) in [5.41, 5.74) is 5.27. The van der Waals surface area contributed by atoms with Crippen molar-refractivity contribution >= 4 is 34.2 Å². The van der Waals surface area contributed by atoms with E-state index in [1.807, 2.05) is 18.2 Å². The maximum atomic E-state index is 13.6. The zero-order valence-electron chi connectivity index (χ0n) is 20.5. The molecule has 0 amide bonds. The van der Waals surface area contributed by atoms with Crippen molar-refractivity contribution in [3.63, 3.8) is 0 Å². The Morgan fingerprint density at radius 1 is 1.00 bits per heavy atom. The number of methoxy groups -OCH3 is 1. The summed E-state index contributed by atoms with van der Waals surface area (Å²) in [4.78, 5) is 28.9. The Bertz CT molecular complexity index is 1250. The molecule has 0 fully saturated rings. The number of carbonyl (C=O) groups excluding carboxylic acids is 2. The van der Waals surface area contributed by atoms with Crippen molar-refractivity contribution in [1.82, 2.24) is 4.90 Å². The van der Waals surface area contributed by atoms with E-state index in [0.29, 0.717) is 29.9 Å². The van der Waals surface area contributed by atoms with Gasteiger partial charge in [0.25, 0.3) is 0 Å². The second kappa shape index (κ2) is 10.4. The van der Waals surface area contributed by atoms with Crippen LogP contribution in [0, 0.1) is 9.39 Å². The van der Waals surface area contributed by atoms with Crippen molar-refractivity contribution in [1.29, 1.82) is 0 Å². The van der Waals surface area contributed by atoms with E-state index in [9.17, 15) is 14.0 Å². The molecule has 0 unspecified atom stereocenters. The van der Waals surface area contributed by atoms with Crippen LogP contribution in [-0.4, -0.2) is 30.1 Å². The van der Waals surface area contributed by atoms with Gasteiger partial charge in [-0.15, -0.1) is 0 Å². The predicted molar refractivity (Wildman–Crippen MR) is 143 cm³/mol. The van der Waals surface area contributed by atoms with Crippen LogP contribution in [0.1, 0.15) is 62.5 Å². The summed E-state index contributed by atoms with van der Waals surface area (Å²) in [6, 6.07) is 10.2. The van der Waals surface area contributed by atoms with Crippen molar-refractivity contribution in [2.45, 2.75) is 58.0 Å². The van der Waals surface area contributed by atoms with Crippen LogP contribution in [0.25, 0.3) is 0 Å². The van der Waals surface area contributed by atoms with Crippen LogP contribution < -0.4 is 9.47 Å². The van der Waals surface area contributed by atoms with Gasteiger partial charge in [0.2, 0.25) is 0 Å². The lowest BCUT2D eigenvalue weighted by atomic mass is 9.71. The predicted octanol–water partition coefficient (Wildman–Crippen LogP) is 6.45. The number of ketones is 2. The fourth-order valence-electron chi connectivity index (χ4n) is 5.76. The Morgan fingerprint density at radius 3 is 2.25 bits per heavy atom. The van der Waals surface area contributed by atoms with Gasteiger partial charge in [-0.1, -0.05) is 12.1 Å². The third-order valence-electron chi connectivity index (χ3n) is 7.26. The molecule has 3 aliphatic rings. The van der Waals surface area contributed by atoms with E-state index < -0.39 is 5.92 Å². The van der Waals surface area contributed by atoms with Crippen LogP contribution in [-0.2, 0) is 16.2 Å². The molecular formula is C29H29FINO4. The maximum absolute atomic E-state index is 13.6. The van der Waals surface area contributed by atoms with Gasteiger partial charge in [0.1, 0.15) is 12.4 Å². The third-order valence-corrected chi connectivity index (χ3v) is 8.06. The average molecular weight is 601 g/mol. The zero-order valence-corrected chi connectivity index (χ0v) is 22.7. The molecule has 0 bridgehead atoms. The SMILES string of the molecule is CCN1C2=C(C(=O)CCC2)C(c2cc(I)c(OCc3cccc(F)c3)c(OC)c2)C2=C1CCCC2=O. The van der Waals surface area contributed by atoms with Gasteiger partial charge < -0.3 is 14.4 Å². The number of allylic oxidation sites excluding steroid dienone is 4. The highest BCUT2D eigenvalue weighted by molar-refractivity contribution is 14.1. The summed E-state index contributed by atoms with van der Waals surface area (Å²) in [5.74, 6) is 0.648. The number of halogens is 2. The first-order valence-corrected chi connectivity index (χ1v) is 13.6. The second-order valence-corrected chi connectivity index (χ2v) is 10.6. The van der Waals surface area contributed by atoms with Crippen LogP contribution in [0.3, 0.4) is 0 Å².